The first-order valence-corrected chi connectivity index (χ1v) is 6.41. The van der Waals surface area contributed by atoms with Gasteiger partial charge in [-0.1, -0.05) is 0 Å². The zero-order valence-electron chi connectivity index (χ0n) is 11.7. The van der Waals surface area contributed by atoms with E-state index in [4.69, 9.17) is 10.5 Å². The molecule has 2 rings (SSSR count). The van der Waals surface area contributed by atoms with E-state index in [1.807, 2.05) is 26.0 Å². The zero-order valence-corrected chi connectivity index (χ0v) is 11.7. The summed E-state index contributed by atoms with van der Waals surface area (Å²) in [6.45, 7) is 4.64. The molecule has 0 atom stereocenters. The maximum atomic E-state index is 11.4. The normalized spacial score (nSPS) is 14.8. The van der Waals surface area contributed by atoms with Crippen LogP contribution in [0.4, 0.5) is 17.1 Å². The van der Waals surface area contributed by atoms with Crippen molar-refractivity contribution in [2.75, 3.05) is 30.1 Å². The molecule has 0 bridgehead atoms. The average Bonchev–Trinajstić information content (AvgIpc) is 2.30. The van der Waals surface area contributed by atoms with Crippen LogP contribution in [0.2, 0.25) is 0 Å². The predicted octanol–water partition coefficient (Wildman–Crippen LogP) is 1.99. The molecule has 0 unspecified atom stereocenters. The first-order chi connectivity index (χ1) is 8.91. The molecular formula is C14H21N3O2. The number of nitrogens with one attached hydrogen (secondary N) is 2. The molecule has 4 N–H and O–H groups in total. The second-order valence-corrected chi connectivity index (χ2v) is 5.59. The van der Waals surface area contributed by atoms with Crippen molar-refractivity contribution in [1.82, 2.24) is 0 Å². The van der Waals surface area contributed by atoms with Crippen LogP contribution in [0.3, 0.4) is 0 Å². The van der Waals surface area contributed by atoms with Crippen LogP contribution in [0.15, 0.2) is 12.1 Å². The SMILES string of the molecule is COCC(C)(C)Nc1cc2c(cc1N)CCC(=O)N2. The van der Waals surface area contributed by atoms with E-state index in [0.29, 0.717) is 18.7 Å². The van der Waals surface area contributed by atoms with Gasteiger partial charge in [0, 0.05) is 19.2 Å². The number of hydrogen-bond acceptors (Lipinski definition) is 4. The van der Waals surface area contributed by atoms with E-state index in [2.05, 4.69) is 10.6 Å². The first kappa shape index (κ1) is 13.7. The number of carbonyl (C=O) groups is 1. The fourth-order valence-corrected chi connectivity index (χ4v) is 2.32. The average molecular weight is 263 g/mol. The summed E-state index contributed by atoms with van der Waals surface area (Å²) in [6.07, 6.45) is 1.27. The van der Waals surface area contributed by atoms with Crippen molar-refractivity contribution in [3.05, 3.63) is 17.7 Å². The molecule has 1 aromatic rings. The number of rotatable bonds is 4. The van der Waals surface area contributed by atoms with Gasteiger partial charge in [0.15, 0.2) is 0 Å². The number of anilines is 3. The van der Waals surface area contributed by atoms with Crippen LogP contribution >= 0.6 is 0 Å². The van der Waals surface area contributed by atoms with E-state index >= 15 is 0 Å². The molecule has 0 radical (unpaired) electrons. The Hall–Kier alpha value is -1.75. The van der Waals surface area contributed by atoms with Crippen molar-refractivity contribution in [2.45, 2.75) is 32.2 Å². The Kier molecular flexibility index (Phi) is 3.66. The van der Waals surface area contributed by atoms with Gasteiger partial charge in [0.05, 0.1) is 23.5 Å². The minimum absolute atomic E-state index is 0.0550. The van der Waals surface area contributed by atoms with Gasteiger partial charge in [0.25, 0.3) is 0 Å². The molecule has 0 saturated heterocycles. The van der Waals surface area contributed by atoms with Gasteiger partial charge >= 0.3 is 0 Å². The highest BCUT2D eigenvalue weighted by Gasteiger charge is 2.21. The van der Waals surface area contributed by atoms with Gasteiger partial charge in [0.2, 0.25) is 5.91 Å². The maximum Gasteiger partial charge on any atom is 0.224 e. The largest absolute Gasteiger partial charge is 0.397 e. The van der Waals surface area contributed by atoms with Crippen LogP contribution < -0.4 is 16.4 Å². The first-order valence-electron chi connectivity index (χ1n) is 6.41. The summed E-state index contributed by atoms with van der Waals surface area (Å²) in [6, 6.07) is 3.83. The predicted molar refractivity (Wildman–Crippen MR) is 77.4 cm³/mol. The topological polar surface area (TPSA) is 76.4 Å². The minimum Gasteiger partial charge on any atom is -0.397 e. The number of fused-ring (bicyclic) bond motifs is 1. The Labute approximate surface area is 113 Å². The lowest BCUT2D eigenvalue weighted by Crippen LogP contribution is -2.36. The Morgan fingerprint density at radius 3 is 2.84 bits per heavy atom. The van der Waals surface area contributed by atoms with E-state index in [1.54, 1.807) is 7.11 Å². The van der Waals surface area contributed by atoms with Crippen LogP contribution in [0.1, 0.15) is 25.8 Å². The van der Waals surface area contributed by atoms with Gasteiger partial charge < -0.3 is 21.1 Å². The molecule has 0 spiro atoms. The molecule has 0 fully saturated rings. The number of methoxy groups -OCH3 is 1. The standard InChI is InChI=1S/C14H21N3O2/c1-14(2,8-19-3)17-12-7-11-9(6-10(12)15)4-5-13(18)16-11/h6-7,17H,4-5,8,15H2,1-3H3,(H,16,18). The van der Waals surface area contributed by atoms with Crippen molar-refractivity contribution >= 4 is 23.0 Å². The summed E-state index contributed by atoms with van der Waals surface area (Å²) < 4.78 is 5.18. The summed E-state index contributed by atoms with van der Waals surface area (Å²) >= 11 is 0. The van der Waals surface area contributed by atoms with E-state index in [1.165, 1.54) is 0 Å². The lowest BCUT2D eigenvalue weighted by molar-refractivity contribution is -0.116. The number of nitrogen functional groups attached to an aromatic ring is 1. The Morgan fingerprint density at radius 2 is 2.16 bits per heavy atom. The molecule has 1 aliphatic rings. The Bertz CT molecular complexity index is 498. The number of ether oxygens (including phenoxy) is 1. The molecular weight excluding hydrogens is 242 g/mol. The number of benzene rings is 1. The summed E-state index contributed by atoms with van der Waals surface area (Å²) in [5, 5.41) is 6.23. The summed E-state index contributed by atoms with van der Waals surface area (Å²) in [4.78, 5) is 11.4. The van der Waals surface area contributed by atoms with Gasteiger partial charge in [0.1, 0.15) is 0 Å². The number of nitrogens with two attached hydrogens (primary N) is 1. The third kappa shape index (κ3) is 3.17. The van der Waals surface area contributed by atoms with Crippen molar-refractivity contribution in [3.63, 3.8) is 0 Å². The van der Waals surface area contributed by atoms with Crippen LogP contribution in [0.5, 0.6) is 0 Å². The molecule has 5 heteroatoms. The monoisotopic (exact) mass is 263 g/mol. The second kappa shape index (κ2) is 5.09. The van der Waals surface area contributed by atoms with Crippen LogP contribution in [-0.4, -0.2) is 25.2 Å². The van der Waals surface area contributed by atoms with Crippen molar-refractivity contribution in [1.29, 1.82) is 0 Å². The lowest BCUT2D eigenvalue weighted by atomic mass is 10.00. The van der Waals surface area contributed by atoms with Gasteiger partial charge in [-0.3, -0.25) is 4.79 Å². The fourth-order valence-electron chi connectivity index (χ4n) is 2.32. The summed E-state index contributed by atoms with van der Waals surface area (Å²) in [7, 11) is 1.67. The van der Waals surface area contributed by atoms with E-state index in [0.717, 1.165) is 23.4 Å². The Morgan fingerprint density at radius 1 is 1.42 bits per heavy atom. The molecule has 1 amide bonds. The molecule has 1 heterocycles. The third-order valence-corrected chi connectivity index (χ3v) is 3.15. The molecule has 0 aromatic heterocycles. The van der Waals surface area contributed by atoms with Gasteiger partial charge in [-0.2, -0.15) is 0 Å². The summed E-state index contributed by atoms with van der Waals surface area (Å²) in [5.74, 6) is 0.0550. The molecule has 0 aliphatic carbocycles. The Balaban J connectivity index is 2.27. The van der Waals surface area contributed by atoms with Crippen LogP contribution in [0, 0.1) is 0 Å². The van der Waals surface area contributed by atoms with Crippen molar-refractivity contribution < 1.29 is 9.53 Å². The highest BCUT2D eigenvalue weighted by Crippen LogP contribution is 2.32. The van der Waals surface area contributed by atoms with Gasteiger partial charge in [-0.15, -0.1) is 0 Å². The van der Waals surface area contributed by atoms with E-state index < -0.39 is 0 Å². The number of aryl methyl sites for hydroxylation is 1. The summed E-state index contributed by atoms with van der Waals surface area (Å²) in [5.41, 5.74) is 9.29. The molecule has 19 heavy (non-hydrogen) atoms. The number of amides is 1. The number of carbonyl (C=O) groups excluding carboxylic acids is 1. The zero-order chi connectivity index (χ0) is 14.0. The quantitative estimate of drug-likeness (QED) is 0.726. The minimum atomic E-state index is -0.226. The highest BCUT2D eigenvalue weighted by atomic mass is 16.5. The molecule has 104 valence electrons. The molecule has 1 aromatic carbocycles. The van der Waals surface area contributed by atoms with Crippen LogP contribution in [0.25, 0.3) is 0 Å². The van der Waals surface area contributed by atoms with Gasteiger partial charge in [-0.25, -0.2) is 0 Å². The van der Waals surface area contributed by atoms with Crippen molar-refractivity contribution in [2.24, 2.45) is 0 Å². The smallest absolute Gasteiger partial charge is 0.224 e. The highest BCUT2D eigenvalue weighted by molar-refractivity contribution is 5.95. The molecule has 0 saturated carbocycles. The van der Waals surface area contributed by atoms with E-state index in [-0.39, 0.29) is 11.4 Å². The lowest BCUT2D eigenvalue weighted by Gasteiger charge is -2.28. The van der Waals surface area contributed by atoms with E-state index in [9.17, 15) is 4.79 Å². The van der Waals surface area contributed by atoms with Crippen LogP contribution in [-0.2, 0) is 16.0 Å². The molecule has 1 aliphatic heterocycles. The van der Waals surface area contributed by atoms with Gasteiger partial charge in [-0.05, 0) is 38.0 Å². The second-order valence-electron chi connectivity index (χ2n) is 5.59. The third-order valence-electron chi connectivity index (χ3n) is 3.15. The maximum absolute atomic E-state index is 11.4. The van der Waals surface area contributed by atoms with Crippen molar-refractivity contribution in [3.8, 4) is 0 Å². The fraction of sp³-hybridized carbons (Fsp3) is 0.500. The number of hydrogen-bond donors (Lipinski definition) is 3. The molecule has 5 nitrogen and oxygen atoms in total.